The monoisotopic (exact) mass is 216 g/mol. The van der Waals surface area contributed by atoms with Crippen molar-refractivity contribution in [2.75, 3.05) is 39.9 Å². The van der Waals surface area contributed by atoms with Gasteiger partial charge in [0.25, 0.3) is 0 Å². The van der Waals surface area contributed by atoms with E-state index in [9.17, 15) is 0 Å². The molecule has 0 amide bonds. The second kappa shape index (κ2) is 5.77. The van der Waals surface area contributed by atoms with Gasteiger partial charge in [0, 0.05) is 38.7 Å². The van der Waals surface area contributed by atoms with Crippen molar-refractivity contribution in [1.82, 2.24) is 15.6 Å². The molecule has 0 aromatic rings. The molecule has 0 spiro atoms. The number of nitrogens with zero attached hydrogens (tertiary/aromatic N) is 1. The van der Waals surface area contributed by atoms with Crippen molar-refractivity contribution in [2.24, 2.45) is 11.3 Å². The Morgan fingerprint density at radius 1 is 1.67 bits per heavy atom. The lowest BCUT2D eigenvalue weighted by atomic mass is 9.91. The van der Waals surface area contributed by atoms with Crippen molar-refractivity contribution < 1.29 is 4.74 Å². The lowest BCUT2D eigenvalue weighted by molar-refractivity contribution is 0.0537. The van der Waals surface area contributed by atoms with Gasteiger partial charge in [-0.2, -0.15) is 0 Å². The first-order valence-corrected chi connectivity index (χ1v) is 5.51. The van der Waals surface area contributed by atoms with Crippen molar-refractivity contribution in [3.63, 3.8) is 0 Å². The van der Waals surface area contributed by atoms with E-state index < -0.39 is 0 Å². The molecule has 5 heteroatoms. The van der Waals surface area contributed by atoms with Crippen LogP contribution in [0.4, 0.5) is 0 Å². The topological polar surface area (TPSA) is 62.5 Å². The average Bonchev–Trinajstić information content (AvgIpc) is 2.40. The van der Waals surface area contributed by atoms with Gasteiger partial charge in [0.2, 0.25) is 0 Å². The van der Waals surface area contributed by atoms with Crippen molar-refractivity contribution in [1.29, 1.82) is 0 Å². The quantitative estimate of drug-likeness (QED) is 0.431. The summed E-state index contributed by atoms with van der Waals surface area (Å²) < 4.78 is 5.28. The summed E-state index contributed by atoms with van der Waals surface area (Å²) in [6, 6.07) is 0. The molecule has 1 fully saturated rings. The molecule has 0 saturated carbocycles. The van der Waals surface area contributed by atoms with Gasteiger partial charge in [0.15, 0.2) is 0 Å². The molecule has 1 heterocycles. The molecule has 1 aliphatic heterocycles. The van der Waals surface area contributed by atoms with Crippen molar-refractivity contribution in [2.45, 2.75) is 20.0 Å². The Hall–Kier alpha value is -0.200. The minimum atomic E-state index is 0.163. The normalized spacial score (nSPS) is 31.2. The van der Waals surface area contributed by atoms with Gasteiger partial charge in [-0.05, 0) is 6.92 Å². The SMILES string of the molecule is COCC1(C)CNCCN(C(C)NN)C1. The summed E-state index contributed by atoms with van der Waals surface area (Å²) >= 11 is 0. The van der Waals surface area contributed by atoms with E-state index >= 15 is 0 Å². The van der Waals surface area contributed by atoms with Crippen molar-refractivity contribution in [3.05, 3.63) is 0 Å². The van der Waals surface area contributed by atoms with Crippen LogP contribution in [0, 0.1) is 5.41 Å². The van der Waals surface area contributed by atoms with Gasteiger partial charge in [-0.3, -0.25) is 10.7 Å². The molecule has 1 saturated heterocycles. The van der Waals surface area contributed by atoms with E-state index in [2.05, 4.69) is 29.5 Å². The van der Waals surface area contributed by atoms with Gasteiger partial charge >= 0.3 is 0 Å². The fourth-order valence-electron chi connectivity index (χ4n) is 2.12. The number of nitrogens with one attached hydrogen (secondary N) is 2. The smallest absolute Gasteiger partial charge is 0.0698 e. The van der Waals surface area contributed by atoms with Crippen LogP contribution in [0.2, 0.25) is 0 Å². The molecule has 0 radical (unpaired) electrons. The summed E-state index contributed by atoms with van der Waals surface area (Å²) in [5, 5.41) is 3.44. The predicted molar refractivity (Wildman–Crippen MR) is 61.2 cm³/mol. The van der Waals surface area contributed by atoms with Gasteiger partial charge in [-0.15, -0.1) is 0 Å². The number of hydrogen-bond donors (Lipinski definition) is 3. The molecule has 1 rings (SSSR count). The molecule has 2 atom stereocenters. The highest BCUT2D eigenvalue weighted by Crippen LogP contribution is 2.20. The van der Waals surface area contributed by atoms with Crippen LogP contribution in [0.3, 0.4) is 0 Å². The van der Waals surface area contributed by atoms with Gasteiger partial charge in [-0.25, -0.2) is 5.43 Å². The van der Waals surface area contributed by atoms with Gasteiger partial charge in [-0.1, -0.05) is 6.92 Å². The van der Waals surface area contributed by atoms with E-state index in [1.807, 2.05) is 0 Å². The summed E-state index contributed by atoms with van der Waals surface area (Å²) in [6.07, 6.45) is 0.209. The minimum absolute atomic E-state index is 0.163. The number of hydrogen-bond acceptors (Lipinski definition) is 5. The zero-order valence-corrected chi connectivity index (χ0v) is 10.0. The lowest BCUT2D eigenvalue weighted by Gasteiger charge is -2.34. The zero-order chi connectivity index (χ0) is 11.3. The number of methoxy groups -OCH3 is 1. The first-order chi connectivity index (χ1) is 7.11. The highest BCUT2D eigenvalue weighted by molar-refractivity contribution is 4.85. The van der Waals surface area contributed by atoms with Crippen LogP contribution in [0.5, 0.6) is 0 Å². The Kier molecular flexibility index (Phi) is 4.95. The number of rotatable bonds is 4. The van der Waals surface area contributed by atoms with Crippen molar-refractivity contribution >= 4 is 0 Å². The number of ether oxygens (including phenoxy) is 1. The first kappa shape index (κ1) is 12.9. The standard InChI is InChI=1S/C10H24N4O/c1-9(13-11)14-5-4-12-6-10(2,7-14)8-15-3/h9,12-13H,4-8,11H2,1-3H3. The molecular weight excluding hydrogens is 192 g/mol. The molecular formula is C10H24N4O. The molecule has 4 N–H and O–H groups in total. The highest BCUT2D eigenvalue weighted by atomic mass is 16.5. The minimum Gasteiger partial charge on any atom is -0.384 e. The third kappa shape index (κ3) is 3.70. The molecule has 0 aliphatic carbocycles. The molecule has 1 aliphatic rings. The summed E-state index contributed by atoms with van der Waals surface area (Å²) in [4.78, 5) is 2.35. The molecule has 2 unspecified atom stereocenters. The second-order valence-electron chi connectivity index (χ2n) is 4.73. The van der Waals surface area contributed by atoms with Crippen molar-refractivity contribution in [3.8, 4) is 0 Å². The summed E-state index contributed by atoms with van der Waals surface area (Å²) in [5.41, 5.74) is 2.96. The van der Waals surface area contributed by atoms with E-state index in [1.54, 1.807) is 7.11 Å². The zero-order valence-electron chi connectivity index (χ0n) is 10.0. The molecule has 5 nitrogen and oxygen atoms in total. The Morgan fingerprint density at radius 2 is 2.40 bits per heavy atom. The van der Waals surface area contributed by atoms with Crippen LogP contribution in [0.1, 0.15) is 13.8 Å². The number of nitrogens with two attached hydrogens (primary N) is 1. The Balaban J connectivity index is 2.60. The van der Waals surface area contributed by atoms with Gasteiger partial charge < -0.3 is 10.1 Å². The number of hydrazine groups is 1. The van der Waals surface area contributed by atoms with Crippen LogP contribution in [-0.2, 0) is 4.74 Å². The predicted octanol–water partition coefficient (Wildman–Crippen LogP) is -0.646. The van der Waals surface area contributed by atoms with E-state index in [-0.39, 0.29) is 11.6 Å². The maximum atomic E-state index is 5.47. The molecule has 90 valence electrons. The summed E-state index contributed by atoms with van der Waals surface area (Å²) in [5.74, 6) is 5.47. The van der Waals surface area contributed by atoms with Crippen LogP contribution in [0.25, 0.3) is 0 Å². The molecule has 0 aromatic heterocycles. The van der Waals surface area contributed by atoms with Gasteiger partial charge in [0.1, 0.15) is 0 Å². The second-order valence-corrected chi connectivity index (χ2v) is 4.73. The third-order valence-corrected chi connectivity index (χ3v) is 2.99. The Labute approximate surface area is 92.3 Å². The van der Waals surface area contributed by atoms with Crippen LogP contribution < -0.4 is 16.6 Å². The first-order valence-electron chi connectivity index (χ1n) is 5.51. The highest BCUT2D eigenvalue weighted by Gasteiger charge is 2.30. The van der Waals surface area contributed by atoms with E-state index in [0.29, 0.717) is 0 Å². The average molecular weight is 216 g/mol. The van der Waals surface area contributed by atoms with E-state index in [4.69, 9.17) is 10.6 Å². The fraction of sp³-hybridized carbons (Fsp3) is 1.00. The van der Waals surface area contributed by atoms with Gasteiger partial charge in [0.05, 0.1) is 12.8 Å². The summed E-state index contributed by atoms with van der Waals surface area (Å²) in [6.45, 7) is 9.11. The van der Waals surface area contributed by atoms with Crippen LogP contribution >= 0.6 is 0 Å². The maximum absolute atomic E-state index is 5.47. The lowest BCUT2D eigenvalue weighted by Crippen LogP contribution is -2.51. The molecule has 0 bridgehead atoms. The molecule has 0 aromatic carbocycles. The molecule has 15 heavy (non-hydrogen) atoms. The van der Waals surface area contributed by atoms with Crippen LogP contribution in [-0.4, -0.2) is 51.0 Å². The summed E-state index contributed by atoms with van der Waals surface area (Å²) in [7, 11) is 1.76. The van der Waals surface area contributed by atoms with E-state index in [0.717, 1.165) is 32.8 Å². The largest absolute Gasteiger partial charge is 0.384 e. The third-order valence-electron chi connectivity index (χ3n) is 2.99. The maximum Gasteiger partial charge on any atom is 0.0698 e. The van der Waals surface area contributed by atoms with Crippen LogP contribution in [0.15, 0.2) is 0 Å². The Bertz CT molecular complexity index is 190. The fourth-order valence-corrected chi connectivity index (χ4v) is 2.12. The van der Waals surface area contributed by atoms with E-state index in [1.165, 1.54) is 0 Å². The Morgan fingerprint density at radius 3 is 3.00 bits per heavy atom.